The highest BCUT2D eigenvalue weighted by Crippen LogP contribution is 2.26. The van der Waals surface area contributed by atoms with E-state index in [2.05, 4.69) is 36.1 Å². The monoisotopic (exact) mass is 208 g/mol. The number of anilines is 1. The fraction of sp³-hybridized carbons (Fsp3) is 0.500. The maximum atomic E-state index is 7.38. The van der Waals surface area contributed by atoms with Gasteiger partial charge in [0.15, 0.2) is 0 Å². The molecule has 1 rings (SSSR count). The predicted octanol–water partition coefficient (Wildman–Crippen LogP) is 1.77. The van der Waals surface area contributed by atoms with Gasteiger partial charge in [-0.3, -0.25) is 10.7 Å². The number of nitrogens with one attached hydrogen (secondary N) is 2. The number of hydrogen-bond donors (Lipinski definition) is 2. The molecule has 1 heterocycles. The molecule has 0 saturated carbocycles. The Labute approximate surface area is 89.4 Å². The van der Waals surface area contributed by atoms with Gasteiger partial charge < -0.3 is 4.74 Å². The molecule has 2 N–H and O–H groups in total. The smallest absolute Gasteiger partial charge is 0.287 e. The zero-order valence-electron chi connectivity index (χ0n) is 9.46. The fourth-order valence-corrected chi connectivity index (χ4v) is 1.14. The summed E-state index contributed by atoms with van der Waals surface area (Å²) in [7, 11) is 1.44. The van der Waals surface area contributed by atoms with Crippen LogP contribution in [0.1, 0.15) is 26.3 Å². The van der Waals surface area contributed by atoms with Crippen molar-refractivity contribution in [2.75, 3.05) is 12.4 Å². The summed E-state index contributed by atoms with van der Waals surface area (Å²) in [6.45, 7) is 6.19. The summed E-state index contributed by atoms with van der Waals surface area (Å²) in [6, 6.07) is -0.0285. The number of nitrogens with zero attached hydrogens (tertiary/aromatic N) is 2. The second-order valence-corrected chi connectivity index (χ2v) is 4.19. The summed E-state index contributed by atoms with van der Waals surface area (Å²) >= 11 is 0. The lowest BCUT2D eigenvalue weighted by Gasteiger charge is -2.21. The van der Waals surface area contributed by atoms with Gasteiger partial charge in [0.1, 0.15) is 12.1 Å². The molecule has 82 valence electrons. The molecule has 0 atom stereocenters. The molecule has 5 heteroatoms. The van der Waals surface area contributed by atoms with E-state index in [1.54, 1.807) is 6.20 Å². The van der Waals surface area contributed by atoms with Crippen molar-refractivity contribution in [2.24, 2.45) is 0 Å². The van der Waals surface area contributed by atoms with Crippen LogP contribution in [0.2, 0.25) is 0 Å². The number of rotatable bonds is 1. The molecule has 15 heavy (non-hydrogen) atoms. The van der Waals surface area contributed by atoms with Gasteiger partial charge in [0, 0.05) is 11.8 Å². The molecule has 0 radical (unpaired) electrons. The summed E-state index contributed by atoms with van der Waals surface area (Å²) < 4.78 is 4.73. The van der Waals surface area contributed by atoms with Crippen LogP contribution in [0.4, 0.5) is 5.82 Å². The normalized spacial score (nSPS) is 10.9. The zero-order chi connectivity index (χ0) is 11.5. The SMILES string of the molecule is COC(=N)Nc1ncncc1C(C)(C)C. The van der Waals surface area contributed by atoms with Gasteiger partial charge in [0.05, 0.1) is 7.11 Å². The lowest BCUT2D eigenvalue weighted by atomic mass is 9.88. The third-order valence-corrected chi connectivity index (χ3v) is 1.96. The second kappa shape index (κ2) is 4.25. The molecule has 0 aliphatic carbocycles. The molecular formula is C10H16N4O. The van der Waals surface area contributed by atoms with E-state index < -0.39 is 0 Å². The van der Waals surface area contributed by atoms with Crippen LogP contribution < -0.4 is 5.32 Å². The van der Waals surface area contributed by atoms with E-state index in [4.69, 9.17) is 10.1 Å². The summed E-state index contributed by atoms with van der Waals surface area (Å²) in [4.78, 5) is 8.07. The largest absolute Gasteiger partial charge is 0.469 e. The molecule has 5 nitrogen and oxygen atoms in total. The third kappa shape index (κ3) is 2.90. The topological polar surface area (TPSA) is 70.9 Å². The van der Waals surface area contributed by atoms with Crippen molar-refractivity contribution in [1.82, 2.24) is 9.97 Å². The van der Waals surface area contributed by atoms with E-state index in [0.717, 1.165) is 5.56 Å². The Morgan fingerprint density at radius 2 is 2.13 bits per heavy atom. The Morgan fingerprint density at radius 1 is 1.47 bits per heavy atom. The Morgan fingerprint density at radius 3 is 2.67 bits per heavy atom. The van der Waals surface area contributed by atoms with E-state index in [9.17, 15) is 0 Å². The van der Waals surface area contributed by atoms with Crippen molar-refractivity contribution >= 4 is 11.8 Å². The Kier molecular flexibility index (Phi) is 3.24. The second-order valence-electron chi connectivity index (χ2n) is 4.19. The van der Waals surface area contributed by atoms with Gasteiger partial charge in [-0.05, 0) is 5.41 Å². The van der Waals surface area contributed by atoms with Crippen LogP contribution in [0, 0.1) is 5.41 Å². The van der Waals surface area contributed by atoms with E-state index in [0.29, 0.717) is 5.82 Å². The van der Waals surface area contributed by atoms with Gasteiger partial charge in [0.2, 0.25) is 0 Å². The molecule has 1 aromatic heterocycles. The van der Waals surface area contributed by atoms with E-state index in [1.807, 2.05) is 0 Å². The van der Waals surface area contributed by atoms with Crippen LogP contribution in [-0.2, 0) is 10.2 Å². The van der Waals surface area contributed by atoms with Gasteiger partial charge in [-0.1, -0.05) is 20.8 Å². The van der Waals surface area contributed by atoms with Gasteiger partial charge in [-0.2, -0.15) is 0 Å². The minimum atomic E-state index is -0.0718. The average molecular weight is 208 g/mol. The molecule has 1 aromatic rings. The number of methoxy groups -OCH3 is 1. The van der Waals surface area contributed by atoms with Crippen LogP contribution in [-0.4, -0.2) is 23.1 Å². The standard InChI is InChI=1S/C10H16N4O/c1-10(2,3)7-5-12-6-13-8(7)14-9(11)15-4/h5-6H,1-4H3,(H2,11,12,13,14). The Bertz CT molecular complexity index is 357. The molecule has 0 saturated heterocycles. The van der Waals surface area contributed by atoms with E-state index in [-0.39, 0.29) is 11.4 Å². The minimum absolute atomic E-state index is 0.0285. The van der Waals surface area contributed by atoms with Crippen LogP contribution in [0.15, 0.2) is 12.5 Å². The molecule has 0 aromatic carbocycles. The third-order valence-electron chi connectivity index (χ3n) is 1.96. The van der Waals surface area contributed by atoms with E-state index >= 15 is 0 Å². The first-order valence-corrected chi connectivity index (χ1v) is 4.65. The molecule has 0 spiro atoms. The zero-order valence-corrected chi connectivity index (χ0v) is 9.46. The number of hydrogen-bond acceptors (Lipinski definition) is 4. The highest BCUT2D eigenvalue weighted by atomic mass is 16.5. The molecule has 0 aliphatic rings. The lowest BCUT2D eigenvalue weighted by molar-refractivity contribution is 0.398. The maximum Gasteiger partial charge on any atom is 0.287 e. The van der Waals surface area contributed by atoms with Crippen molar-refractivity contribution in [2.45, 2.75) is 26.2 Å². The lowest BCUT2D eigenvalue weighted by Crippen LogP contribution is -2.20. The molecule has 0 fully saturated rings. The number of aromatic nitrogens is 2. The maximum absolute atomic E-state index is 7.38. The minimum Gasteiger partial charge on any atom is -0.469 e. The molecule has 0 unspecified atom stereocenters. The summed E-state index contributed by atoms with van der Waals surface area (Å²) in [5.41, 5.74) is 0.879. The summed E-state index contributed by atoms with van der Waals surface area (Å²) in [5.74, 6) is 0.615. The highest BCUT2D eigenvalue weighted by Gasteiger charge is 2.19. The van der Waals surface area contributed by atoms with Crippen LogP contribution in [0.25, 0.3) is 0 Å². The Hall–Kier alpha value is -1.65. The first-order valence-electron chi connectivity index (χ1n) is 4.65. The molecule has 0 bridgehead atoms. The first-order chi connectivity index (χ1) is 6.95. The van der Waals surface area contributed by atoms with Crippen LogP contribution in [0.5, 0.6) is 0 Å². The predicted molar refractivity (Wildman–Crippen MR) is 59.1 cm³/mol. The van der Waals surface area contributed by atoms with Crippen molar-refractivity contribution < 1.29 is 4.74 Å². The molecular weight excluding hydrogens is 192 g/mol. The van der Waals surface area contributed by atoms with Crippen LogP contribution >= 0.6 is 0 Å². The van der Waals surface area contributed by atoms with Crippen molar-refractivity contribution in [3.8, 4) is 0 Å². The van der Waals surface area contributed by atoms with Crippen molar-refractivity contribution in [1.29, 1.82) is 5.41 Å². The summed E-state index contributed by atoms with van der Waals surface area (Å²) in [6.07, 6.45) is 3.19. The van der Waals surface area contributed by atoms with E-state index in [1.165, 1.54) is 13.4 Å². The summed E-state index contributed by atoms with van der Waals surface area (Å²) in [5, 5.41) is 10.2. The first kappa shape index (κ1) is 11.4. The average Bonchev–Trinajstić information content (AvgIpc) is 2.17. The van der Waals surface area contributed by atoms with Crippen molar-refractivity contribution in [3.05, 3.63) is 18.1 Å². The van der Waals surface area contributed by atoms with Crippen LogP contribution in [0.3, 0.4) is 0 Å². The molecule has 0 amide bonds. The van der Waals surface area contributed by atoms with Crippen molar-refractivity contribution in [3.63, 3.8) is 0 Å². The van der Waals surface area contributed by atoms with Gasteiger partial charge in [0.25, 0.3) is 6.02 Å². The van der Waals surface area contributed by atoms with Gasteiger partial charge in [-0.25, -0.2) is 9.97 Å². The van der Waals surface area contributed by atoms with Gasteiger partial charge in [-0.15, -0.1) is 0 Å². The van der Waals surface area contributed by atoms with Gasteiger partial charge >= 0.3 is 0 Å². The Balaban J connectivity index is 3.02. The fourth-order valence-electron chi connectivity index (χ4n) is 1.14. The molecule has 0 aliphatic heterocycles. The number of ether oxygens (including phenoxy) is 1. The highest BCUT2D eigenvalue weighted by molar-refractivity contribution is 5.86. The quantitative estimate of drug-likeness (QED) is 0.545. The number of amidine groups is 1.